The van der Waals surface area contributed by atoms with Gasteiger partial charge in [0.15, 0.2) is 0 Å². The molecule has 0 bridgehead atoms. The van der Waals surface area contributed by atoms with Crippen LogP contribution in [0.3, 0.4) is 0 Å². The van der Waals surface area contributed by atoms with Crippen molar-refractivity contribution in [3.05, 3.63) is 35.6 Å². The zero-order valence-electron chi connectivity index (χ0n) is 11.5. The molecule has 1 amide bonds. The molecule has 0 heterocycles. The number of carbonyl (C=O) groups excluding carboxylic acids is 1. The van der Waals surface area contributed by atoms with E-state index < -0.39 is 0 Å². The molecule has 1 fully saturated rings. The summed E-state index contributed by atoms with van der Waals surface area (Å²) in [6.07, 6.45) is 5.59. The van der Waals surface area contributed by atoms with Crippen molar-refractivity contribution in [3.63, 3.8) is 0 Å². The number of amides is 1. The smallest absolute Gasteiger partial charge is 0.223 e. The molecule has 1 aromatic carbocycles. The molecule has 0 aromatic heterocycles. The first-order valence-electron chi connectivity index (χ1n) is 7.25. The SMILES string of the molecule is CCCCCCNC(=O)C1CC1c1ccc(F)cc1. The fourth-order valence-corrected chi connectivity index (χ4v) is 2.46. The lowest BCUT2D eigenvalue weighted by atomic mass is 10.1. The quantitative estimate of drug-likeness (QED) is 0.748. The number of hydrogen-bond acceptors (Lipinski definition) is 1. The second-order valence-electron chi connectivity index (χ2n) is 5.35. The first-order valence-corrected chi connectivity index (χ1v) is 7.25. The van der Waals surface area contributed by atoms with Gasteiger partial charge in [-0.25, -0.2) is 4.39 Å². The maximum absolute atomic E-state index is 12.8. The van der Waals surface area contributed by atoms with Crippen molar-refractivity contribution >= 4 is 5.91 Å². The zero-order chi connectivity index (χ0) is 13.7. The summed E-state index contributed by atoms with van der Waals surface area (Å²) in [6.45, 7) is 2.96. The highest BCUT2D eigenvalue weighted by Crippen LogP contribution is 2.47. The van der Waals surface area contributed by atoms with Gasteiger partial charge in [0, 0.05) is 12.5 Å². The van der Waals surface area contributed by atoms with Crippen LogP contribution in [0.5, 0.6) is 0 Å². The van der Waals surface area contributed by atoms with Gasteiger partial charge in [0.05, 0.1) is 0 Å². The van der Waals surface area contributed by atoms with E-state index in [0.717, 1.165) is 24.9 Å². The van der Waals surface area contributed by atoms with Gasteiger partial charge in [0.25, 0.3) is 0 Å². The summed E-state index contributed by atoms with van der Waals surface area (Å²) in [5.41, 5.74) is 1.08. The summed E-state index contributed by atoms with van der Waals surface area (Å²) in [5.74, 6) is 0.319. The molecule has 1 aliphatic rings. The van der Waals surface area contributed by atoms with E-state index in [9.17, 15) is 9.18 Å². The molecule has 19 heavy (non-hydrogen) atoms. The molecule has 2 unspecified atom stereocenters. The third kappa shape index (κ3) is 4.05. The van der Waals surface area contributed by atoms with Crippen LogP contribution in [-0.2, 0) is 4.79 Å². The predicted molar refractivity (Wildman–Crippen MR) is 74.4 cm³/mol. The lowest BCUT2D eigenvalue weighted by Gasteiger charge is -2.04. The molecule has 2 nitrogen and oxygen atoms in total. The van der Waals surface area contributed by atoms with E-state index >= 15 is 0 Å². The number of nitrogens with one attached hydrogen (secondary N) is 1. The summed E-state index contributed by atoms with van der Waals surface area (Å²) in [6, 6.07) is 6.50. The summed E-state index contributed by atoms with van der Waals surface area (Å²) in [5, 5.41) is 3.00. The van der Waals surface area contributed by atoms with Gasteiger partial charge >= 0.3 is 0 Å². The number of benzene rings is 1. The van der Waals surface area contributed by atoms with Crippen LogP contribution in [0, 0.1) is 11.7 Å². The molecule has 0 spiro atoms. The van der Waals surface area contributed by atoms with Crippen LogP contribution in [0.2, 0.25) is 0 Å². The number of unbranched alkanes of at least 4 members (excludes halogenated alkanes) is 3. The highest BCUT2D eigenvalue weighted by atomic mass is 19.1. The van der Waals surface area contributed by atoms with E-state index in [1.165, 1.54) is 31.4 Å². The van der Waals surface area contributed by atoms with E-state index in [-0.39, 0.29) is 23.6 Å². The van der Waals surface area contributed by atoms with Gasteiger partial charge in [-0.2, -0.15) is 0 Å². The Morgan fingerprint density at radius 2 is 2.00 bits per heavy atom. The van der Waals surface area contributed by atoms with Crippen LogP contribution < -0.4 is 5.32 Å². The minimum absolute atomic E-state index is 0.0941. The number of rotatable bonds is 7. The molecule has 1 aliphatic carbocycles. The van der Waals surface area contributed by atoms with E-state index in [1.54, 1.807) is 12.1 Å². The van der Waals surface area contributed by atoms with Crippen molar-refractivity contribution in [2.24, 2.45) is 5.92 Å². The zero-order valence-corrected chi connectivity index (χ0v) is 11.5. The van der Waals surface area contributed by atoms with Gasteiger partial charge in [-0.3, -0.25) is 4.79 Å². The Morgan fingerprint density at radius 3 is 2.68 bits per heavy atom. The highest BCUT2D eigenvalue weighted by Gasteiger charge is 2.43. The Morgan fingerprint density at radius 1 is 1.26 bits per heavy atom. The van der Waals surface area contributed by atoms with Crippen molar-refractivity contribution in [1.29, 1.82) is 0 Å². The normalized spacial score (nSPS) is 21.2. The Hall–Kier alpha value is -1.38. The van der Waals surface area contributed by atoms with E-state index in [4.69, 9.17) is 0 Å². The highest BCUT2D eigenvalue weighted by molar-refractivity contribution is 5.82. The van der Waals surface area contributed by atoms with Crippen molar-refractivity contribution < 1.29 is 9.18 Å². The summed E-state index contributed by atoms with van der Waals surface area (Å²) >= 11 is 0. The average Bonchev–Trinajstić information content (AvgIpc) is 3.19. The Balaban J connectivity index is 1.70. The number of hydrogen-bond donors (Lipinski definition) is 1. The first-order chi connectivity index (χ1) is 9.22. The number of halogens is 1. The molecule has 3 heteroatoms. The predicted octanol–water partition coefficient (Wildman–Crippen LogP) is 3.63. The van der Waals surface area contributed by atoms with Crippen molar-refractivity contribution in [2.45, 2.75) is 44.9 Å². The van der Waals surface area contributed by atoms with Crippen molar-refractivity contribution in [3.8, 4) is 0 Å². The number of carbonyl (C=O) groups is 1. The van der Waals surface area contributed by atoms with Crippen LogP contribution in [0.4, 0.5) is 4.39 Å². The standard InChI is InChI=1S/C16H22FNO/c1-2-3-4-5-10-18-16(19)15-11-14(15)12-6-8-13(17)9-7-12/h6-9,14-15H,2-5,10-11H2,1H3,(H,18,19). The van der Waals surface area contributed by atoms with Crippen LogP contribution in [0.15, 0.2) is 24.3 Å². The van der Waals surface area contributed by atoms with Gasteiger partial charge in [-0.1, -0.05) is 38.3 Å². The lowest BCUT2D eigenvalue weighted by molar-refractivity contribution is -0.122. The maximum Gasteiger partial charge on any atom is 0.223 e. The van der Waals surface area contributed by atoms with Crippen LogP contribution in [0.1, 0.15) is 50.5 Å². The van der Waals surface area contributed by atoms with E-state index in [1.807, 2.05) is 0 Å². The van der Waals surface area contributed by atoms with Gasteiger partial charge in [-0.15, -0.1) is 0 Å². The molecule has 1 saturated carbocycles. The van der Waals surface area contributed by atoms with Crippen molar-refractivity contribution in [2.75, 3.05) is 6.54 Å². The van der Waals surface area contributed by atoms with Crippen LogP contribution in [0.25, 0.3) is 0 Å². The van der Waals surface area contributed by atoms with Gasteiger partial charge in [0.2, 0.25) is 5.91 Å². The summed E-state index contributed by atoms with van der Waals surface area (Å²) in [4.78, 5) is 11.9. The fraction of sp³-hybridized carbons (Fsp3) is 0.562. The molecule has 0 radical (unpaired) electrons. The minimum Gasteiger partial charge on any atom is -0.356 e. The second kappa shape index (κ2) is 6.69. The monoisotopic (exact) mass is 263 g/mol. The van der Waals surface area contributed by atoms with Crippen LogP contribution >= 0.6 is 0 Å². The Bertz CT molecular complexity index is 415. The topological polar surface area (TPSA) is 29.1 Å². The molecule has 0 saturated heterocycles. The molecular weight excluding hydrogens is 241 g/mol. The van der Waals surface area contributed by atoms with E-state index in [2.05, 4.69) is 12.2 Å². The third-order valence-electron chi connectivity index (χ3n) is 3.75. The first kappa shape index (κ1) is 14.0. The lowest BCUT2D eigenvalue weighted by Crippen LogP contribution is -2.26. The summed E-state index contributed by atoms with van der Waals surface area (Å²) in [7, 11) is 0. The molecule has 1 N–H and O–H groups in total. The molecule has 0 aliphatic heterocycles. The fourth-order valence-electron chi connectivity index (χ4n) is 2.46. The van der Waals surface area contributed by atoms with E-state index in [0.29, 0.717) is 0 Å². The largest absolute Gasteiger partial charge is 0.356 e. The van der Waals surface area contributed by atoms with Crippen molar-refractivity contribution in [1.82, 2.24) is 5.32 Å². The van der Waals surface area contributed by atoms with Gasteiger partial charge < -0.3 is 5.32 Å². The Labute approximate surface area is 114 Å². The van der Waals surface area contributed by atoms with Gasteiger partial charge in [0.1, 0.15) is 5.82 Å². The minimum atomic E-state index is -0.221. The maximum atomic E-state index is 12.8. The molecular formula is C16H22FNO. The molecule has 2 atom stereocenters. The second-order valence-corrected chi connectivity index (χ2v) is 5.35. The molecule has 2 rings (SSSR count). The third-order valence-corrected chi connectivity index (χ3v) is 3.75. The average molecular weight is 263 g/mol. The van der Waals surface area contributed by atoms with Gasteiger partial charge in [-0.05, 0) is 36.5 Å². The summed E-state index contributed by atoms with van der Waals surface area (Å²) < 4.78 is 12.8. The molecule has 1 aromatic rings. The van der Waals surface area contributed by atoms with Crippen LogP contribution in [-0.4, -0.2) is 12.5 Å². The Kier molecular flexibility index (Phi) is 4.94. The molecule has 104 valence electrons.